The Balaban J connectivity index is 1.23. The van der Waals surface area contributed by atoms with Crippen LogP contribution in [0.1, 0.15) is 125 Å². The maximum Gasteiger partial charge on any atom is 0.328 e. The SMILES string of the molecule is NC1=NC(C(=CC(=O)O)C(Nc2ccc[nH]2)C2CCC3CC2C(CCCC(N)CCC(C=O)CCCO)c2cc4cc(CC=O)ccc4cc23)CC(C(O)C(O)C2(O)CCCC2)N1. The number of carboxylic acids is 1. The normalized spacial score (nSPS) is 26.7. The van der Waals surface area contributed by atoms with Crippen LogP contribution in [0.25, 0.3) is 10.8 Å². The lowest BCUT2D eigenvalue weighted by molar-refractivity contribution is -0.131. The molecule has 342 valence electrons. The second kappa shape index (κ2) is 20.9. The van der Waals surface area contributed by atoms with Crippen molar-refractivity contribution in [1.29, 1.82) is 0 Å². The molecule has 0 spiro atoms. The first-order chi connectivity index (χ1) is 30.4. The van der Waals surface area contributed by atoms with Crippen LogP contribution in [-0.4, -0.2) is 104 Å². The number of aromatic amines is 1. The van der Waals surface area contributed by atoms with Gasteiger partial charge in [-0.3, -0.25) is 0 Å². The number of carbonyl (C=O) groups excluding carboxylic acids is 2. The highest BCUT2D eigenvalue weighted by Crippen LogP contribution is 2.56. The van der Waals surface area contributed by atoms with E-state index in [0.29, 0.717) is 56.4 Å². The van der Waals surface area contributed by atoms with Crippen molar-refractivity contribution in [3.05, 3.63) is 77.0 Å². The van der Waals surface area contributed by atoms with Gasteiger partial charge in [-0.25, -0.2) is 9.79 Å². The molecule has 14 heteroatoms. The van der Waals surface area contributed by atoms with Crippen LogP contribution in [0.2, 0.25) is 0 Å². The molecule has 12 N–H and O–H groups in total. The van der Waals surface area contributed by atoms with E-state index < -0.39 is 41.9 Å². The molecule has 11 unspecified atom stereocenters. The molecule has 0 radical (unpaired) electrons. The van der Waals surface area contributed by atoms with Crippen LogP contribution in [0.15, 0.2) is 65.3 Å². The van der Waals surface area contributed by atoms with Gasteiger partial charge in [0.15, 0.2) is 5.96 Å². The van der Waals surface area contributed by atoms with Gasteiger partial charge in [0.2, 0.25) is 0 Å². The summed E-state index contributed by atoms with van der Waals surface area (Å²) in [5.74, 6) is -0.0545. The molecular weight excluding hydrogens is 801 g/mol. The number of guanidine groups is 1. The van der Waals surface area contributed by atoms with Crippen molar-refractivity contribution in [2.75, 3.05) is 11.9 Å². The van der Waals surface area contributed by atoms with Gasteiger partial charge in [-0.2, -0.15) is 0 Å². The number of aliphatic hydroxyl groups is 4. The first kappa shape index (κ1) is 46.4. The molecule has 4 aliphatic rings. The minimum Gasteiger partial charge on any atom is -0.478 e. The van der Waals surface area contributed by atoms with E-state index in [2.05, 4.69) is 39.9 Å². The van der Waals surface area contributed by atoms with Gasteiger partial charge in [0.1, 0.15) is 30.6 Å². The average Bonchev–Trinajstić information content (AvgIpc) is 3.97. The molecular formula is C49H68N6O8. The van der Waals surface area contributed by atoms with Gasteiger partial charge in [0, 0.05) is 37.3 Å². The van der Waals surface area contributed by atoms with E-state index in [1.54, 1.807) is 0 Å². The Morgan fingerprint density at radius 2 is 1.78 bits per heavy atom. The van der Waals surface area contributed by atoms with Crippen LogP contribution in [0.5, 0.6) is 0 Å². The fraction of sp³-hybridized carbons (Fsp3) is 0.592. The summed E-state index contributed by atoms with van der Waals surface area (Å²) >= 11 is 0. The molecule has 63 heavy (non-hydrogen) atoms. The quantitative estimate of drug-likeness (QED) is 0.0476. The van der Waals surface area contributed by atoms with Crippen LogP contribution in [0.4, 0.5) is 5.82 Å². The molecule has 7 rings (SSSR count). The molecule has 0 saturated heterocycles. The Bertz CT molecular complexity index is 2080. The number of hydrogen-bond donors (Lipinski definition) is 10. The highest BCUT2D eigenvalue weighted by atomic mass is 16.4. The van der Waals surface area contributed by atoms with E-state index in [4.69, 9.17) is 16.5 Å². The van der Waals surface area contributed by atoms with E-state index in [9.17, 15) is 39.9 Å². The molecule has 2 fully saturated rings. The number of nitrogens with one attached hydrogen (secondary N) is 3. The lowest BCUT2D eigenvalue weighted by Gasteiger charge is -2.50. The van der Waals surface area contributed by atoms with Crippen molar-refractivity contribution in [3.63, 3.8) is 0 Å². The van der Waals surface area contributed by atoms with Crippen LogP contribution < -0.4 is 22.1 Å². The zero-order valence-corrected chi connectivity index (χ0v) is 36.3. The number of aldehydes is 2. The number of anilines is 1. The van der Waals surface area contributed by atoms with Gasteiger partial charge < -0.3 is 62.2 Å². The van der Waals surface area contributed by atoms with Gasteiger partial charge in [0.25, 0.3) is 0 Å². The molecule has 2 bridgehead atoms. The highest BCUT2D eigenvalue weighted by Gasteiger charge is 2.49. The maximum atomic E-state index is 12.9. The second-order valence-electron chi connectivity index (χ2n) is 19.0. The van der Waals surface area contributed by atoms with Crippen LogP contribution >= 0.6 is 0 Å². The molecule has 3 aliphatic carbocycles. The van der Waals surface area contributed by atoms with Crippen molar-refractivity contribution in [3.8, 4) is 0 Å². The first-order valence-electron chi connectivity index (χ1n) is 23.3. The standard InChI is InChI=1S/C49H68N6O8/c50-34(14-11-30(28-58)6-5-20-56)7-3-8-35-38-24-32(37-23-31-12-10-29(16-21-57)22-33(31)25-39(35)37)13-15-36(38)45(55-43-9-4-19-52-43)40(26-44(59)60)41-27-42(54-48(51)53-41)46(61)47(62)49(63)17-1-2-18-49/h4,9-10,12,19,21-23,25-26,28,30,32,34-36,38,41-42,45-47,52,55-56,61-63H,1-3,5-8,11,13-18,20,24,27,50H2,(H,59,60)(H3,51,53,54). The third-order valence-corrected chi connectivity index (χ3v) is 14.9. The fourth-order valence-electron chi connectivity index (χ4n) is 11.6. The first-order valence-corrected chi connectivity index (χ1v) is 23.3. The van der Waals surface area contributed by atoms with Crippen LogP contribution in [0.3, 0.4) is 0 Å². The number of nitrogens with two attached hydrogens (primary N) is 2. The summed E-state index contributed by atoms with van der Waals surface area (Å²) in [6.07, 6.45) is 12.6. The number of fused-ring (bicyclic) bond motifs is 5. The molecule has 1 aromatic heterocycles. The zero-order chi connectivity index (χ0) is 44.7. The topological polar surface area (TPSA) is 257 Å². The molecule has 0 amide bonds. The van der Waals surface area contributed by atoms with Crippen molar-refractivity contribution < 1.29 is 39.9 Å². The number of nitrogens with zero attached hydrogens (tertiary/aromatic N) is 1. The Hall–Kier alpha value is -4.60. The largest absolute Gasteiger partial charge is 0.478 e. The van der Waals surface area contributed by atoms with Crippen LogP contribution in [-0.2, 0) is 20.8 Å². The van der Waals surface area contributed by atoms with Crippen molar-refractivity contribution >= 4 is 41.1 Å². The Morgan fingerprint density at radius 3 is 2.49 bits per heavy atom. The summed E-state index contributed by atoms with van der Waals surface area (Å²) in [5, 5.41) is 62.9. The summed E-state index contributed by atoms with van der Waals surface area (Å²) in [4.78, 5) is 44.2. The molecule has 14 nitrogen and oxygen atoms in total. The van der Waals surface area contributed by atoms with Gasteiger partial charge in [-0.15, -0.1) is 0 Å². The average molecular weight is 869 g/mol. The number of aliphatic carboxylic acids is 1. The molecule has 1 aliphatic heterocycles. The van der Waals surface area contributed by atoms with E-state index in [0.717, 1.165) is 86.1 Å². The molecule has 2 aromatic carbocycles. The zero-order valence-electron chi connectivity index (χ0n) is 36.3. The van der Waals surface area contributed by atoms with Crippen molar-refractivity contribution in [1.82, 2.24) is 10.3 Å². The van der Waals surface area contributed by atoms with Crippen molar-refractivity contribution in [2.45, 2.75) is 157 Å². The third-order valence-electron chi connectivity index (χ3n) is 14.9. The summed E-state index contributed by atoms with van der Waals surface area (Å²) in [7, 11) is 0. The third kappa shape index (κ3) is 10.9. The number of carbonyl (C=O) groups is 3. The summed E-state index contributed by atoms with van der Waals surface area (Å²) in [6.45, 7) is 0.0586. The molecule has 11 atom stereocenters. The van der Waals surface area contributed by atoms with Gasteiger partial charge >= 0.3 is 5.97 Å². The number of rotatable bonds is 22. The number of aliphatic imine (C=N–C) groups is 1. The molecule has 2 saturated carbocycles. The summed E-state index contributed by atoms with van der Waals surface area (Å²) in [5.41, 5.74) is 15.8. The van der Waals surface area contributed by atoms with E-state index in [1.807, 2.05) is 24.4 Å². The monoisotopic (exact) mass is 869 g/mol. The minimum absolute atomic E-state index is 0.0222. The Kier molecular flexibility index (Phi) is 15.4. The lowest BCUT2D eigenvalue weighted by atomic mass is 9.56. The maximum absolute atomic E-state index is 12.9. The number of H-pyrrole nitrogens is 1. The number of aromatic nitrogens is 1. The summed E-state index contributed by atoms with van der Waals surface area (Å²) in [6, 6.07) is 12.5. The predicted octanol–water partition coefficient (Wildman–Crippen LogP) is 4.94. The van der Waals surface area contributed by atoms with Gasteiger partial charge in [-0.05, 0) is 146 Å². The van der Waals surface area contributed by atoms with Crippen molar-refractivity contribution in [2.24, 2.45) is 34.2 Å². The predicted molar refractivity (Wildman–Crippen MR) is 243 cm³/mol. The van der Waals surface area contributed by atoms with Gasteiger partial charge in [-0.1, -0.05) is 49.6 Å². The number of hydrogen-bond acceptors (Lipinski definition) is 12. The van der Waals surface area contributed by atoms with E-state index >= 15 is 0 Å². The number of benzene rings is 2. The number of aliphatic hydroxyl groups excluding tert-OH is 3. The highest BCUT2D eigenvalue weighted by molar-refractivity contribution is 5.86. The molecule has 2 heterocycles. The lowest BCUT2D eigenvalue weighted by Crippen LogP contribution is -2.60. The smallest absolute Gasteiger partial charge is 0.328 e. The molecule has 3 aromatic rings. The number of carboxylic acid groups (broad SMARTS) is 1. The minimum atomic E-state index is -1.43. The summed E-state index contributed by atoms with van der Waals surface area (Å²) < 4.78 is 0. The second-order valence-corrected chi connectivity index (χ2v) is 19.0. The van der Waals surface area contributed by atoms with E-state index in [1.165, 1.54) is 17.2 Å². The fourth-order valence-corrected chi connectivity index (χ4v) is 11.6. The van der Waals surface area contributed by atoms with Gasteiger partial charge in [0.05, 0.1) is 23.7 Å². The Labute approximate surface area is 370 Å². The van der Waals surface area contributed by atoms with Crippen LogP contribution in [0, 0.1) is 17.8 Å². The van der Waals surface area contributed by atoms with E-state index in [-0.39, 0.29) is 48.7 Å². The Morgan fingerprint density at radius 1 is 0.984 bits per heavy atom.